The van der Waals surface area contributed by atoms with E-state index in [-0.39, 0.29) is 11.3 Å². The molecule has 2 aromatic rings. The molecule has 18 heavy (non-hydrogen) atoms. The Morgan fingerprint density at radius 1 is 1.22 bits per heavy atom. The second-order valence-electron chi connectivity index (χ2n) is 3.85. The Balaban J connectivity index is 2.36. The molecule has 0 aliphatic heterocycles. The standard InChI is InChI=1S/C14H10ClFO2/c1-9-2-3-11(15)6-14(9)18-13-5-10(8-17)4-12(16)7-13/h2-8H,1H3. The lowest BCUT2D eigenvalue weighted by Crippen LogP contribution is -1.91. The molecular weight excluding hydrogens is 255 g/mol. The van der Waals surface area contributed by atoms with Gasteiger partial charge in [-0.05, 0) is 36.8 Å². The second-order valence-corrected chi connectivity index (χ2v) is 4.29. The molecule has 0 spiro atoms. The molecule has 0 bridgehead atoms. The van der Waals surface area contributed by atoms with E-state index in [1.807, 2.05) is 6.92 Å². The molecule has 0 heterocycles. The van der Waals surface area contributed by atoms with Gasteiger partial charge in [-0.25, -0.2) is 4.39 Å². The molecule has 2 nitrogen and oxygen atoms in total. The molecule has 0 unspecified atom stereocenters. The van der Waals surface area contributed by atoms with Crippen LogP contribution >= 0.6 is 11.6 Å². The van der Waals surface area contributed by atoms with Crippen LogP contribution in [0.15, 0.2) is 36.4 Å². The number of aldehydes is 1. The van der Waals surface area contributed by atoms with Crippen molar-refractivity contribution in [2.24, 2.45) is 0 Å². The van der Waals surface area contributed by atoms with E-state index in [0.29, 0.717) is 17.1 Å². The van der Waals surface area contributed by atoms with Gasteiger partial charge in [0.05, 0.1) is 0 Å². The largest absolute Gasteiger partial charge is 0.457 e. The van der Waals surface area contributed by atoms with Crippen LogP contribution in [0.5, 0.6) is 11.5 Å². The van der Waals surface area contributed by atoms with Crippen molar-refractivity contribution in [3.63, 3.8) is 0 Å². The lowest BCUT2D eigenvalue weighted by molar-refractivity contribution is 0.112. The third-order valence-electron chi connectivity index (χ3n) is 2.41. The molecule has 0 N–H and O–H groups in total. The van der Waals surface area contributed by atoms with Crippen molar-refractivity contribution < 1.29 is 13.9 Å². The number of carbonyl (C=O) groups excluding carboxylic acids is 1. The summed E-state index contributed by atoms with van der Waals surface area (Å²) in [5, 5.41) is 0.530. The quantitative estimate of drug-likeness (QED) is 0.769. The first-order valence-corrected chi connectivity index (χ1v) is 5.66. The summed E-state index contributed by atoms with van der Waals surface area (Å²) in [6, 6.07) is 9.01. The number of benzene rings is 2. The Kier molecular flexibility index (Phi) is 3.63. The van der Waals surface area contributed by atoms with Gasteiger partial charge in [-0.1, -0.05) is 17.7 Å². The van der Waals surface area contributed by atoms with E-state index < -0.39 is 5.82 Å². The number of halogens is 2. The summed E-state index contributed by atoms with van der Waals surface area (Å²) in [6.07, 6.45) is 0.570. The molecule has 0 aromatic heterocycles. The van der Waals surface area contributed by atoms with E-state index in [9.17, 15) is 9.18 Å². The van der Waals surface area contributed by atoms with E-state index in [2.05, 4.69) is 0 Å². The Hall–Kier alpha value is -1.87. The summed E-state index contributed by atoms with van der Waals surface area (Å²) >= 11 is 5.86. The Morgan fingerprint density at radius 3 is 2.72 bits per heavy atom. The van der Waals surface area contributed by atoms with Gasteiger partial charge in [0.25, 0.3) is 0 Å². The highest BCUT2D eigenvalue weighted by atomic mass is 35.5. The number of ether oxygens (including phenoxy) is 1. The summed E-state index contributed by atoms with van der Waals surface area (Å²) in [7, 11) is 0. The summed E-state index contributed by atoms with van der Waals surface area (Å²) in [5.41, 5.74) is 1.10. The summed E-state index contributed by atoms with van der Waals surface area (Å²) < 4.78 is 18.8. The van der Waals surface area contributed by atoms with Crippen molar-refractivity contribution in [1.82, 2.24) is 0 Å². The van der Waals surface area contributed by atoms with Crippen molar-refractivity contribution >= 4 is 17.9 Å². The molecule has 0 atom stereocenters. The molecule has 0 saturated heterocycles. The van der Waals surface area contributed by atoms with Crippen LogP contribution in [0.25, 0.3) is 0 Å². The van der Waals surface area contributed by atoms with Gasteiger partial charge < -0.3 is 4.74 Å². The average molecular weight is 265 g/mol. The van der Waals surface area contributed by atoms with Crippen LogP contribution in [0, 0.1) is 12.7 Å². The third-order valence-corrected chi connectivity index (χ3v) is 2.64. The first-order chi connectivity index (χ1) is 8.58. The Labute approximate surface area is 109 Å². The molecule has 0 aliphatic rings. The zero-order valence-electron chi connectivity index (χ0n) is 9.61. The summed E-state index contributed by atoms with van der Waals surface area (Å²) in [6.45, 7) is 1.85. The smallest absolute Gasteiger partial charge is 0.150 e. The van der Waals surface area contributed by atoms with Crippen molar-refractivity contribution in [2.75, 3.05) is 0 Å². The normalized spacial score (nSPS) is 10.2. The maximum atomic E-state index is 13.2. The highest BCUT2D eigenvalue weighted by molar-refractivity contribution is 6.30. The first-order valence-electron chi connectivity index (χ1n) is 5.28. The van der Waals surface area contributed by atoms with E-state index in [1.54, 1.807) is 18.2 Å². The van der Waals surface area contributed by atoms with Crippen LogP contribution in [-0.2, 0) is 0 Å². The number of carbonyl (C=O) groups is 1. The van der Waals surface area contributed by atoms with Gasteiger partial charge in [0.2, 0.25) is 0 Å². The van der Waals surface area contributed by atoms with Crippen LogP contribution in [0.1, 0.15) is 15.9 Å². The number of rotatable bonds is 3. The van der Waals surface area contributed by atoms with Crippen molar-refractivity contribution in [3.8, 4) is 11.5 Å². The predicted octanol–water partition coefficient (Wildman–Crippen LogP) is 4.39. The lowest BCUT2D eigenvalue weighted by Gasteiger charge is -2.09. The van der Waals surface area contributed by atoms with Crippen molar-refractivity contribution in [3.05, 3.63) is 58.4 Å². The zero-order chi connectivity index (χ0) is 13.1. The SMILES string of the molecule is Cc1ccc(Cl)cc1Oc1cc(F)cc(C=O)c1. The number of hydrogen-bond donors (Lipinski definition) is 0. The number of hydrogen-bond acceptors (Lipinski definition) is 2. The van der Waals surface area contributed by atoms with E-state index in [0.717, 1.165) is 11.6 Å². The van der Waals surface area contributed by atoms with Crippen molar-refractivity contribution in [1.29, 1.82) is 0 Å². The molecule has 0 amide bonds. The molecule has 92 valence electrons. The molecule has 2 rings (SSSR count). The second kappa shape index (κ2) is 5.19. The average Bonchev–Trinajstić information content (AvgIpc) is 2.33. The summed E-state index contributed by atoms with van der Waals surface area (Å²) in [4.78, 5) is 10.6. The van der Waals surface area contributed by atoms with E-state index in [1.165, 1.54) is 12.1 Å². The predicted molar refractivity (Wildman–Crippen MR) is 68.1 cm³/mol. The molecule has 0 saturated carbocycles. The van der Waals surface area contributed by atoms with Gasteiger partial charge in [0.15, 0.2) is 0 Å². The maximum absolute atomic E-state index is 13.2. The molecular formula is C14H10ClFO2. The highest BCUT2D eigenvalue weighted by Gasteiger charge is 2.05. The van der Waals surface area contributed by atoms with Gasteiger partial charge >= 0.3 is 0 Å². The van der Waals surface area contributed by atoms with Crippen LogP contribution in [0.2, 0.25) is 5.02 Å². The minimum atomic E-state index is -0.519. The zero-order valence-corrected chi connectivity index (χ0v) is 10.4. The maximum Gasteiger partial charge on any atom is 0.150 e. The monoisotopic (exact) mass is 264 g/mol. The first kappa shape index (κ1) is 12.6. The van der Waals surface area contributed by atoms with E-state index >= 15 is 0 Å². The summed E-state index contributed by atoms with van der Waals surface area (Å²) in [5.74, 6) is 0.279. The number of aryl methyl sites for hydroxylation is 1. The molecule has 2 aromatic carbocycles. The van der Waals surface area contributed by atoms with Gasteiger partial charge in [0, 0.05) is 16.7 Å². The lowest BCUT2D eigenvalue weighted by atomic mass is 10.2. The van der Waals surface area contributed by atoms with Gasteiger partial charge in [0.1, 0.15) is 23.6 Å². The fourth-order valence-corrected chi connectivity index (χ4v) is 1.68. The molecule has 0 aliphatic carbocycles. The Bertz CT molecular complexity index is 596. The van der Waals surface area contributed by atoms with Gasteiger partial charge in [-0.15, -0.1) is 0 Å². The minimum Gasteiger partial charge on any atom is -0.457 e. The van der Waals surface area contributed by atoms with Crippen LogP contribution in [0.4, 0.5) is 4.39 Å². The minimum absolute atomic E-state index is 0.227. The fraction of sp³-hybridized carbons (Fsp3) is 0.0714. The third kappa shape index (κ3) is 2.87. The van der Waals surface area contributed by atoms with Crippen LogP contribution in [0.3, 0.4) is 0 Å². The van der Waals surface area contributed by atoms with Gasteiger partial charge in [-0.3, -0.25) is 4.79 Å². The molecule has 0 radical (unpaired) electrons. The molecule has 0 fully saturated rings. The fourth-order valence-electron chi connectivity index (χ4n) is 1.52. The highest BCUT2D eigenvalue weighted by Crippen LogP contribution is 2.28. The van der Waals surface area contributed by atoms with Crippen LogP contribution < -0.4 is 4.74 Å². The Morgan fingerprint density at radius 2 is 2.00 bits per heavy atom. The van der Waals surface area contributed by atoms with Crippen molar-refractivity contribution in [2.45, 2.75) is 6.92 Å². The molecule has 4 heteroatoms. The van der Waals surface area contributed by atoms with E-state index in [4.69, 9.17) is 16.3 Å². The van der Waals surface area contributed by atoms with Gasteiger partial charge in [-0.2, -0.15) is 0 Å². The van der Waals surface area contributed by atoms with Crippen LogP contribution in [-0.4, -0.2) is 6.29 Å². The topological polar surface area (TPSA) is 26.3 Å².